The van der Waals surface area contributed by atoms with E-state index in [4.69, 9.17) is 4.74 Å². The molecule has 2 heterocycles. The standard InChI is InChI=1S/C15H22N2O3S/c1-20-15-4-2-3-12(9-15)11-21(18,19)17-8-7-13-5-6-14(10-17)16-13/h2-4,9,13-14,16H,5-8,10-11H2,1H3. The molecule has 1 aromatic carbocycles. The van der Waals surface area contributed by atoms with Gasteiger partial charge in [0.2, 0.25) is 10.0 Å². The van der Waals surface area contributed by atoms with Gasteiger partial charge in [-0.3, -0.25) is 0 Å². The Morgan fingerprint density at radius 1 is 1.29 bits per heavy atom. The van der Waals surface area contributed by atoms with Crippen molar-refractivity contribution >= 4 is 10.0 Å². The molecular weight excluding hydrogens is 288 g/mol. The van der Waals surface area contributed by atoms with E-state index in [1.165, 1.54) is 6.42 Å². The predicted octanol–water partition coefficient (Wildman–Crippen LogP) is 1.35. The molecule has 3 rings (SSSR count). The normalized spacial score (nSPS) is 26.5. The molecule has 0 aliphatic carbocycles. The van der Waals surface area contributed by atoms with Gasteiger partial charge in [0.1, 0.15) is 5.75 Å². The fourth-order valence-electron chi connectivity index (χ4n) is 3.23. The molecule has 1 N–H and O–H groups in total. The van der Waals surface area contributed by atoms with Gasteiger partial charge in [0.05, 0.1) is 12.9 Å². The average molecular weight is 310 g/mol. The quantitative estimate of drug-likeness (QED) is 0.912. The van der Waals surface area contributed by atoms with Crippen molar-refractivity contribution in [1.82, 2.24) is 9.62 Å². The van der Waals surface area contributed by atoms with Crippen LogP contribution in [0.4, 0.5) is 0 Å². The van der Waals surface area contributed by atoms with E-state index in [0.717, 1.165) is 18.4 Å². The van der Waals surface area contributed by atoms with Gasteiger partial charge in [-0.05, 0) is 37.0 Å². The van der Waals surface area contributed by atoms with E-state index < -0.39 is 10.0 Å². The zero-order valence-corrected chi connectivity index (χ0v) is 13.1. The Labute approximate surface area is 126 Å². The lowest BCUT2D eigenvalue weighted by molar-refractivity contribution is 0.383. The minimum Gasteiger partial charge on any atom is -0.497 e. The number of methoxy groups -OCH3 is 1. The first-order chi connectivity index (χ1) is 10.1. The zero-order valence-electron chi connectivity index (χ0n) is 12.3. The van der Waals surface area contributed by atoms with Crippen molar-refractivity contribution in [1.29, 1.82) is 0 Å². The van der Waals surface area contributed by atoms with Crippen molar-refractivity contribution in [3.05, 3.63) is 29.8 Å². The van der Waals surface area contributed by atoms with Crippen LogP contribution in [-0.4, -0.2) is 45.0 Å². The molecule has 2 bridgehead atoms. The van der Waals surface area contributed by atoms with Crippen LogP contribution in [0.15, 0.2) is 24.3 Å². The lowest BCUT2D eigenvalue weighted by Crippen LogP contribution is -2.39. The summed E-state index contributed by atoms with van der Waals surface area (Å²) in [5, 5.41) is 3.51. The maximum Gasteiger partial charge on any atom is 0.218 e. The third-order valence-corrected chi connectivity index (χ3v) is 6.18. The Hall–Kier alpha value is -1.11. The lowest BCUT2D eigenvalue weighted by Gasteiger charge is -2.23. The average Bonchev–Trinajstić information content (AvgIpc) is 2.77. The smallest absolute Gasteiger partial charge is 0.218 e. The molecule has 21 heavy (non-hydrogen) atoms. The number of sulfonamides is 1. The molecule has 0 saturated carbocycles. The molecule has 2 fully saturated rings. The Bertz CT molecular complexity index is 603. The van der Waals surface area contributed by atoms with Crippen LogP contribution < -0.4 is 10.1 Å². The van der Waals surface area contributed by atoms with Gasteiger partial charge in [-0.1, -0.05) is 12.1 Å². The summed E-state index contributed by atoms with van der Waals surface area (Å²) in [5.41, 5.74) is 0.775. The highest BCUT2D eigenvalue weighted by Gasteiger charge is 2.34. The molecule has 2 aliphatic rings. The van der Waals surface area contributed by atoms with Crippen LogP contribution in [0.3, 0.4) is 0 Å². The number of nitrogens with one attached hydrogen (secondary N) is 1. The van der Waals surface area contributed by atoms with Crippen LogP contribution >= 0.6 is 0 Å². The van der Waals surface area contributed by atoms with Crippen molar-refractivity contribution in [2.75, 3.05) is 20.2 Å². The van der Waals surface area contributed by atoms with E-state index in [9.17, 15) is 8.42 Å². The van der Waals surface area contributed by atoms with Crippen molar-refractivity contribution in [3.8, 4) is 5.75 Å². The van der Waals surface area contributed by atoms with Crippen molar-refractivity contribution < 1.29 is 13.2 Å². The number of rotatable bonds is 4. The summed E-state index contributed by atoms with van der Waals surface area (Å²) >= 11 is 0. The zero-order chi connectivity index (χ0) is 14.9. The summed E-state index contributed by atoms with van der Waals surface area (Å²) in [5.74, 6) is 0.737. The predicted molar refractivity (Wildman–Crippen MR) is 81.8 cm³/mol. The van der Waals surface area contributed by atoms with Gasteiger partial charge in [-0.2, -0.15) is 0 Å². The van der Waals surface area contributed by atoms with Gasteiger partial charge >= 0.3 is 0 Å². The number of fused-ring (bicyclic) bond motifs is 2. The fraction of sp³-hybridized carbons (Fsp3) is 0.600. The molecule has 1 aromatic rings. The van der Waals surface area contributed by atoms with Crippen LogP contribution in [0.5, 0.6) is 5.75 Å². The maximum absolute atomic E-state index is 12.6. The number of nitrogens with zero attached hydrogens (tertiary/aromatic N) is 1. The van der Waals surface area contributed by atoms with E-state index in [2.05, 4.69) is 5.32 Å². The van der Waals surface area contributed by atoms with Gasteiger partial charge in [0, 0.05) is 25.2 Å². The summed E-state index contributed by atoms with van der Waals surface area (Å²) < 4.78 is 32.1. The van der Waals surface area contributed by atoms with E-state index in [0.29, 0.717) is 30.9 Å². The summed E-state index contributed by atoms with van der Waals surface area (Å²) in [6.07, 6.45) is 3.16. The van der Waals surface area contributed by atoms with Crippen LogP contribution in [-0.2, 0) is 15.8 Å². The Morgan fingerprint density at radius 3 is 2.90 bits per heavy atom. The molecule has 0 radical (unpaired) electrons. The van der Waals surface area contributed by atoms with Crippen LogP contribution in [0.25, 0.3) is 0 Å². The molecule has 2 unspecified atom stereocenters. The van der Waals surface area contributed by atoms with Gasteiger partial charge < -0.3 is 10.1 Å². The SMILES string of the molecule is COc1cccc(CS(=O)(=O)N2CCC3CCC(C2)N3)c1. The minimum absolute atomic E-state index is 0.0432. The van der Waals surface area contributed by atoms with Crippen molar-refractivity contribution in [3.63, 3.8) is 0 Å². The minimum atomic E-state index is -3.27. The number of ether oxygens (including phenoxy) is 1. The molecule has 0 aromatic heterocycles. The maximum atomic E-state index is 12.6. The molecule has 2 aliphatic heterocycles. The third-order valence-electron chi connectivity index (χ3n) is 4.36. The number of hydrogen-bond acceptors (Lipinski definition) is 4. The van der Waals surface area contributed by atoms with E-state index in [1.807, 2.05) is 18.2 Å². The highest BCUT2D eigenvalue weighted by Crippen LogP contribution is 2.24. The largest absolute Gasteiger partial charge is 0.497 e. The molecule has 2 atom stereocenters. The third kappa shape index (κ3) is 3.39. The van der Waals surface area contributed by atoms with Gasteiger partial charge in [-0.15, -0.1) is 0 Å². The van der Waals surface area contributed by atoms with Crippen LogP contribution in [0, 0.1) is 0 Å². The molecule has 6 heteroatoms. The highest BCUT2D eigenvalue weighted by atomic mass is 32.2. The van der Waals surface area contributed by atoms with E-state index in [-0.39, 0.29) is 5.75 Å². The summed E-state index contributed by atoms with van der Waals surface area (Å²) in [7, 11) is -1.68. The second-order valence-electron chi connectivity index (χ2n) is 5.89. The second-order valence-corrected chi connectivity index (χ2v) is 7.86. The molecular formula is C15H22N2O3S. The Morgan fingerprint density at radius 2 is 2.10 bits per heavy atom. The highest BCUT2D eigenvalue weighted by molar-refractivity contribution is 7.88. The Balaban J connectivity index is 1.73. The van der Waals surface area contributed by atoms with Crippen molar-refractivity contribution in [2.45, 2.75) is 37.1 Å². The molecule has 2 saturated heterocycles. The second kappa shape index (κ2) is 5.94. The topological polar surface area (TPSA) is 58.6 Å². The summed E-state index contributed by atoms with van der Waals surface area (Å²) in [6, 6.07) is 8.09. The number of hydrogen-bond donors (Lipinski definition) is 1. The molecule has 5 nitrogen and oxygen atoms in total. The van der Waals surface area contributed by atoms with E-state index >= 15 is 0 Å². The van der Waals surface area contributed by atoms with Gasteiger partial charge in [0.25, 0.3) is 0 Å². The number of benzene rings is 1. The van der Waals surface area contributed by atoms with Crippen LogP contribution in [0.1, 0.15) is 24.8 Å². The van der Waals surface area contributed by atoms with Crippen molar-refractivity contribution in [2.24, 2.45) is 0 Å². The fourth-order valence-corrected chi connectivity index (χ4v) is 4.80. The first kappa shape index (κ1) is 14.8. The Kier molecular flexibility index (Phi) is 4.19. The molecule has 0 spiro atoms. The van der Waals surface area contributed by atoms with Crippen LogP contribution in [0.2, 0.25) is 0 Å². The van der Waals surface area contributed by atoms with Gasteiger partial charge in [0.15, 0.2) is 0 Å². The van der Waals surface area contributed by atoms with E-state index in [1.54, 1.807) is 17.5 Å². The van der Waals surface area contributed by atoms with Gasteiger partial charge in [-0.25, -0.2) is 12.7 Å². The lowest BCUT2D eigenvalue weighted by atomic mass is 10.1. The molecule has 116 valence electrons. The molecule has 0 amide bonds. The summed E-state index contributed by atoms with van der Waals surface area (Å²) in [4.78, 5) is 0. The monoisotopic (exact) mass is 310 g/mol. The first-order valence-electron chi connectivity index (χ1n) is 7.43. The first-order valence-corrected chi connectivity index (χ1v) is 9.04. The summed E-state index contributed by atoms with van der Waals surface area (Å²) in [6.45, 7) is 1.23.